The number of alkyl halides is 3. The summed E-state index contributed by atoms with van der Waals surface area (Å²) < 4.78 is 40.5. The molecule has 0 saturated heterocycles. The van der Waals surface area contributed by atoms with Crippen LogP contribution in [0.25, 0.3) is 0 Å². The number of aromatic nitrogens is 1. The molecule has 1 heterocycles. The van der Waals surface area contributed by atoms with Crippen LogP contribution in [-0.2, 0) is 5.41 Å². The minimum atomic E-state index is -4.72. The van der Waals surface area contributed by atoms with E-state index in [1.807, 2.05) is 0 Å². The van der Waals surface area contributed by atoms with E-state index in [4.69, 9.17) is 0 Å². The van der Waals surface area contributed by atoms with Crippen molar-refractivity contribution in [3.05, 3.63) is 59.9 Å². The zero-order valence-corrected chi connectivity index (χ0v) is 12.1. The molecule has 1 aliphatic rings. The fourth-order valence-corrected chi connectivity index (χ4v) is 2.90. The van der Waals surface area contributed by atoms with Gasteiger partial charge in [-0.3, -0.25) is 9.78 Å². The number of rotatable bonds is 4. The van der Waals surface area contributed by atoms with E-state index in [2.05, 4.69) is 9.72 Å². The summed E-state index contributed by atoms with van der Waals surface area (Å²) in [5.74, 6) is -0.380. The average molecular weight is 321 g/mol. The number of ether oxygens (including phenoxy) is 1. The standard InChI is InChI=1S/C17H14F3NO2/c18-17(19,20)23-13-7-5-12(6-8-13)16(9-3-10-16)15(22)14-4-1-2-11-21-14/h1-2,4-8,11H,3,9-10H2. The number of carbonyl (C=O) groups is 1. The molecule has 0 aliphatic heterocycles. The lowest BCUT2D eigenvalue weighted by molar-refractivity contribution is -0.274. The van der Waals surface area contributed by atoms with Gasteiger partial charge in [-0.1, -0.05) is 24.6 Å². The molecular weight excluding hydrogens is 307 g/mol. The van der Waals surface area contributed by atoms with Crippen molar-refractivity contribution >= 4 is 5.78 Å². The van der Waals surface area contributed by atoms with E-state index in [-0.39, 0.29) is 11.5 Å². The average Bonchev–Trinajstić information content (AvgIpc) is 2.47. The van der Waals surface area contributed by atoms with E-state index in [0.29, 0.717) is 24.1 Å². The Morgan fingerprint density at radius 3 is 2.26 bits per heavy atom. The molecule has 120 valence electrons. The third-order valence-corrected chi connectivity index (χ3v) is 4.18. The Hall–Kier alpha value is -2.37. The normalized spacial score (nSPS) is 16.5. The van der Waals surface area contributed by atoms with Crippen molar-refractivity contribution in [1.82, 2.24) is 4.98 Å². The van der Waals surface area contributed by atoms with Crippen molar-refractivity contribution in [2.45, 2.75) is 31.0 Å². The van der Waals surface area contributed by atoms with Gasteiger partial charge in [0.2, 0.25) is 0 Å². The molecule has 1 saturated carbocycles. The second-order valence-corrected chi connectivity index (χ2v) is 5.55. The molecule has 3 nitrogen and oxygen atoms in total. The molecule has 1 fully saturated rings. The Kier molecular flexibility index (Phi) is 3.83. The molecule has 0 unspecified atom stereocenters. The van der Waals surface area contributed by atoms with Crippen LogP contribution in [0.3, 0.4) is 0 Å². The summed E-state index contributed by atoms with van der Waals surface area (Å²) in [5.41, 5.74) is 0.391. The summed E-state index contributed by atoms with van der Waals surface area (Å²) in [5, 5.41) is 0. The van der Waals surface area contributed by atoms with Crippen LogP contribution in [0.2, 0.25) is 0 Å². The number of Topliss-reactive ketones (excluding diaryl/α,β-unsaturated/α-hetero) is 1. The first-order valence-corrected chi connectivity index (χ1v) is 7.23. The van der Waals surface area contributed by atoms with Gasteiger partial charge in [0.25, 0.3) is 0 Å². The first kappa shape index (κ1) is 15.5. The molecule has 0 N–H and O–H groups in total. The SMILES string of the molecule is O=C(c1ccccn1)C1(c2ccc(OC(F)(F)F)cc2)CCC1. The van der Waals surface area contributed by atoms with E-state index < -0.39 is 11.8 Å². The molecule has 1 aliphatic carbocycles. The maximum absolute atomic E-state index is 12.8. The van der Waals surface area contributed by atoms with Gasteiger partial charge < -0.3 is 4.74 Å². The third-order valence-electron chi connectivity index (χ3n) is 4.18. The second-order valence-electron chi connectivity index (χ2n) is 5.55. The Bertz CT molecular complexity index is 692. The van der Waals surface area contributed by atoms with E-state index in [9.17, 15) is 18.0 Å². The fraction of sp³-hybridized carbons (Fsp3) is 0.294. The number of ketones is 1. The van der Waals surface area contributed by atoms with Gasteiger partial charge in [-0.25, -0.2) is 0 Å². The molecule has 0 spiro atoms. The highest BCUT2D eigenvalue weighted by Crippen LogP contribution is 2.46. The van der Waals surface area contributed by atoms with E-state index in [0.717, 1.165) is 6.42 Å². The van der Waals surface area contributed by atoms with Crippen LogP contribution < -0.4 is 4.74 Å². The molecule has 0 bridgehead atoms. The molecular formula is C17H14F3NO2. The Balaban J connectivity index is 1.87. The van der Waals surface area contributed by atoms with Crippen LogP contribution >= 0.6 is 0 Å². The predicted molar refractivity (Wildman–Crippen MR) is 77.2 cm³/mol. The zero-order chi connectivity index (χ0) is 16.5. The number of benzene rings is 1. The van der Waals surface area contributed by atoms with Gasteiger partial charge in [0, 0.05) is 6.20 Å². The van der Waals surface area contributed by atoms with Crippen molar-refractivity contribution in [3.8, 4) is 5.75 Å². The molecule has 2 aromatic rings. The minimum Gasteiger partial charge on any atom is -0.406 e. The maximum atomic E-state index is 12.8. The van der Waals surface area contributed by atoms with Gasteiger partial charge in [0.15, 0.2) is 5.78 Å². The van der Waals surface area contributed by atoms with Crippen molar-refractivity contribution in [2.24, 2.45) is 0 Å². The van der Waals surface area contributed by atoms with Crippen molar-refractivity contribution < 1.29 is 22.7 Å². The summed E-state index contributed by atoms with van der Waals surface area (Å²) in [4.78, 5) is 16.9. The van der Waals surface area contributed by atoms with E-state index in [1.54, 1.807) is 24.4 Å². The first-order valence-electron chi connectivity index (χ1n) is 7.23. The molecule has 0 radical (unpaired) electrons. The zero-order valence-electron chi connectivity index (χ0n) is 12.1. The largest absolute Gasteiger partial charge is 0.573 e. The van der Waals surface area contributed by atoms with Crippen molar-refractivity contribution in [3.63, 3.8) is 0 Å². The number of nitrogens with zero attached hydrogens (tertiary/aromatic N) is 1. The van der Waals surface area contributed by atoms with Gasteiger partial charge in [-0.2, -0.15) is 0 Å². The lowest BCUT2D eigenvalue weighted by atomic mass is 9.61. The molecule has 23 heavy (non-hydrogen) atoms. The number of halogens is 3. The van der Waals surface area contributed by atoms with E-state index >= 15 is 0 Å². The summed E-state index contributed by atoms with van der Waals surface area (Å²) in [6, 6.07) is 10.7. The quantitative estimate of drug-likeness (QED) is 0.789. The highest BCUT2D eigenvalue weighted by atomic mass is 19.4. The molecule has 1 aromatic heterocycles. The number of hydrogen-bond donors (Lipinski definition) is 0. The lowest BCUT2D eigenvalue weighted by Gasteiger charge is -2.40. The Morgan fingerprint density at radius 2 is 1.78 bits per heavy atom. The van der Waals surface area contributed by atoms with Gasteiger partial charge >= 0.3 is 6.36 Å². The monoisotopic (exact) mass is 321 g/mol. The second kappa shape index (κ2) is 5.68. The van der Waals surface area contributed by atoms with E-state index in [1.165, 1.54) is 24.3 Å². The smallest absolute Gasteiger partial charge is 0.406 e. The lowest BCUT2D eigenvalue weighted by Crippen LogP contribution is -2.42. The maximum Gasteiger partial charge on any atom is 0.573 e. The predicted octanol–water partition coefficient (Wildman–Crippen LogP) is 4.28. The van der Waals surface area contributed by atoms with Crippen LogP contribution in [0.1, 0.15) is 35.3 Å². The summed E-state index contributed by atoms with van der Waals surface area (Å²) in [6.45, 7) is 0. The summed E-state index contributed by atoms with van der Waals surface area (Å²) >= 11 is 0. The number of pyridine rings is 1. The van der Waals surface area contributed by atoms with Crippen molar-refractivity contribution in [2.75, 3.05) is 0 Å². The van der Waals surface area contributed by atoms with Gasteiger partial charge in [-0.05, 0) is 42.7 Å². The van der Waals surface area contributed by atoms with Crippen LogP contribution in [0.5, 0.6) is 5.75 Å². The number of carbonyl (C=O) groups excluding carboxylic acids is 1. The first-order chi connectivity index (χ1) is 10.9. The number of hydrogen-bond acceptors (Lipinski definition) is 3. The summed E-state index contributed by atoms with van der Waals surface area (Å²) in [7, 11) is 0. The fourth-order valence-electron chi connectivity index (χ4n) is 2.90. The van der Waals surface area contributed by atoms with Gasteiger partial charge in [0.05, 0.1) is 5.41 Å². The van der Waals surface area contributed by atoms with Gasteiger partial charge in [-0.15, -0.1) is 13.2 Å². The van der Waals surface area contributed by atoms with Crippen molar-refractivity contribution in [1.29, 1.82) is 0 Å². The molecule has 6 heteroatoms. The van der Waals surface area contributed by atoms with Gasteiger partial charge in [0.1, 0.15) is 11.4 Å². The molecule has 0 atom stereocenters. The molecule has 3 rings (SSSR count). The molecule has 0 amide bonds. The van der Waals surface area contributed by atoms with Crippen LogP contribution in [0.15, 0.2) is 48.7 Å². The highest BCUT2D eigenvalue weighted by molar-refractivity contribution is 6.03. The third kappa shape index (κ3) is 3.06. The summed E-state index contributed by atoms with van der Waals surface area (Å²) in [6.07, 6.45) is -0.928. The van der Waals surface area contributed by atoms with Crippen LogP contribution in [0, 0.1) is 0 Å². The topological polar surface area (TPSA) is 39.2 Å². The van der Waals surface area contributed by atoms with Crippen LogP contribution in [-0.4, -0.2) is 17.1 Å². The highest BCUT2D eigenvalue weighted by Gasteiger charge is 2.46. The molecule has 1 aromatic carbocycles. The van der Waals surface area contributed by atoms with Crippen LogP contribution in [0.4, 0.5) is 13.2 Å². The Morgan fingerprint density at radius 1 is 1.09 bits per heavy atom. The minimum absolute atomic E-state index is 0.0890. The Labute approximate surface area is 131 Å².